The zero-order valence-corrected chi connectivity index (χ0v) is 14.6. The zero-order valence-electron chi connectivity index (χ0n) is 13.8. The minimum absolute atomic E-state index is 0.392. The Bertz CT molecular complexity index is 581. The Labute approximate surface area is 142 Å². The molecule has 0 aliphatic carbocycles. The van der Waals surface area contributed by atoms with Gasteiger partial charge in [-0.1, -0.05) is 55.4 Å². The number of thioether (sulfide) groups is 1. The Kier molecular flexibility index (Phi) is 6.11. The molecule has 1 unspecified atom stereocenters. The molecule has 0 spiro atoms. The van der Waals surface area contributed by atoms with Crippen molar-refractivity contribution < 1.29 is 4.42 Å². The van der Waals surface area contributed by atoms with Crippen LogP contribution < -0.4 is 0 Å². The quantitative estimate of drug-likeness (QED) is 0.718. The number of hydrogen-bond acceptors (Lipinski definition) is 5. The fraction of sp³-hybridized carbons (Fsp3) is 0.556. The molecule has 1 fully saturated rings. The Hall–Kier alpha value is -1.33. The summed E-state index contributed by atoms with van der Waals surface area (Å²) < 4.78 is 5.79. The van der Waals surface area contributed by atoms with Crippen molar-refractivity contribution in [3.8, 4) is 0 Å². The lowest BCUT2D eigenvalue weighted by molar-refractivity contribution is 0.242. The molecule has 1 aromatic carbocycles. The van der Waals surface area contributed by atoms with E-state index in [1.807, 2.05) is 6.07 Å². The predicted octanol–water partition coefficient (Wildman–Crippen LogP) is 3.99. The normalized spacial score (nSPS) is 17.3. The van der Waals surface area contributed by atoms with Gasteiger partial charge in [0.2, 0.25) is 5.89 Å². The fourth-order valence-corrected chi connectivity index (χ4v) is 3.76. The lowest BCUT2D eigenvalue weighted by Gasteiger charge is -2.25. The minimum atomic E-state index is 0.392. The van der Waals surface area contributed by atoms with Crippen LogP contribution in [-0.4, -0.2) is 40.5 Å². The lowest BCUT2D eigenvalue weighted by atomic mass is 9.98. The van der Waals surface area contributed by atoms with Gasteiger partial charge in [-0.15, -0.1) is 10.2 Å². The number of rotatable bonds is 7. The number of likely N-dealkylation sites (tertiary alicyclic amines) is 1. The maximum absolute atomic E-state index is 5.79. The molecule has 3 rings (SSSR count). The highest BCUT2D eigenvalue weighted by Crippen LogP contribution is 2.22. The monoisotopic (exact) mass is 331 g/mol. The second kappa shape index (κ2) is 8.50. The summed E-state index contributed by atoms with van der Waals surface area (Å²) in [6, 6.07) is 10.5. The molecular formula is C18H25N3OS. The second-order valence-corrected chi connectivity index (χ2v) is 7.27. The van der Waals surface area contributed by atoms with Gasteiger partial charge in [-0.2, -0.15) is 0 Å². The van der Waals surface area contributed by atoms with Gasteiger partial charge in [-0.05, 0) is 37.4 Å². The van der Waals surface area contributed by atoms with Crippen LogP contribution in [0.3, 0.4) is 0 Å². The fourth-order valence-electron chi connectivity index (χ4n) is 2.99. The number of nitrogens with zero attached hydrogens (tertiary/aromatic N) is 3. The summed E-state index contributed by atoms with van der Waals surface area (Å²) in [5, 5.41) is 9.08. The van der Waals surface area contributed by atoms with Crippen molar-refractivity contribution >= 4 is 11.8 Å². The van der Waals surface area contributed by atoms with Crippen molar-refractivity contribution in [2.24, 2.45) is 0 Å². The lowest BCUT2D eigenvalue weighted by Crippen LogP contribution is -2.31. The molecular weight excluding hydrogens is 306 g/mol. The largest absolute Gasteiger partial charge is 0.416 e. The molecule has 2 aromatic rings. The van der Waals surface area contributed by atoms with Crippen molar-refractivity contribution in [3.05, 3.63) is 41.8 Å². The maximum Gasteiger partial charge on any atom is 0.276 e. The third-order valence-electron chi connectivity index (χ3n) is 4.38. The molecule has 1 aliphatic rings. The van der Waals surface area contributed by atoms with E-state index in [1.54, 1.807) is 11.8 Å². The van der Waals surface area contributed by atoms with Crippen LogP contribution in [0, 0.1) is 0 Å². The topological polar surface area (TPSA) is 42.2 Å². The van der Waals surface area contributed by atoms with Gasteiger partial charge in [0.05, 0.1) is 0 Å². The summed E-state index contributed by atoms with van der Waals surface area (Å²) in [6.45, 7) is 5.79. The summed E-state index contributed by atoms with van der Waals surface area (Å²) >= 11 is 1.68. The van der Waals surface area contributed by atoms with Gasteiger partial charge in [0.25, 0.3) is 5.22 Å². The highest BCUT2D eigenvalue weighted by atomic mass is 32.2. The average molecular weight is 331 g/mol. The molecule has 1 aromatic heterocycles. The third kappa shape index (κ3) is 5.08. The molecule has 23 heavy (non-hydrogen) atoms. The average Bonchev–Trinajstić information content (AvgIpc) is 3.04. The molecule has 1 atom stereocenters. The molecule has 2 heterocycles. The van der Waals surface area contributed by atoms with Crippen LogP contribution in [0.25, 0.3) is 0 Å². The smallest absolute Gasteiger partial charge is 0.276 e. The first-order chi connectivity index (χ1) is 11.3. The molecule has 0 radical (unpaired) electrons. The van der Waals surface area contributed by atoms with E-state index in [2.05, 4.69) is 46.3 Å². The van der Waals surface area contributed by atoms with Crippen molar-refractivity contribution in [3.63, 3.8) is 0 Å². The third-order valence-corrected chi connectivity index (χ3v) is 5.18. The van der Waals surface area contributed by atoms with Crippen LogP contribution in [0.1, 0.15) is 43.6 Å². The molecule has 4 nitrogen and oxygen atoms in total. The first-order valence-corrected chi connectivity index (χ1v) is 9.52. The molecule has 1 aliphatic heterocycles. The van der Waals surface area contributed by atoms with E-state index in [0.29, 0.717) is 11.1 Å². The van der Waals surface area contributed by atoms with E-state index in [1.165, 1.54) is 37.9 Å². The Morgan fingerprint density at radius 3 is 2.70 bits per heavy atom. The number of aromatic nitrogens is 2. The van der Waals surface area contributed by atoms with Gasteiger partial charge in [0, 0.05) is 18.7 Å². The first-order valence-electron chi connectivity index (χ1n) is 8.54. The standard InChI is InChI=1S/C18H25N3OS/c1-15(16-8-4-2-5-9-16)14-17-19-20-18(22-17)23-13-12-21-10-6-3-7-11-21/h2,4-5,8-9,15H,3,6-7,10-14H2,1H3. The van der Waals surface area contributed by atoms with Crippen LogP contribution in [-0.2, 0) is 6.42 Å². The molecule has 5 heteroatoms. The van der Waals surface area contributed by atoms with Gasteiger partial charge >= 0.3 is 0 Å². The van der Waals surface area contributed by atoms with Crippen LogP contribution >= 0.6 is 11.8 Å². The molecule has 124 valence electrons. The van der Waals surface area contributed by atoms with Crippen molar-refractivity contribution in [2.45, 2.75) is 43.7 Å². The Morgan fingerprint density at radius 1 is 1.13 bits per heavy atom. The summed E-state index contributed by atoms with van der Waals surface area (Å²) in [5.74, 6) is 2.15. The Balaban J connectivity index is 1.44. The van der Waals surface area contributed by atoms with Gasteiger partial charge in [0.15, 0.2) is 0 Å². The molecule has 0 N–H and O–H groups in total. The second-order valence-electron chi connectivity index (χ2n) is 6.23. The van der Waals surface area contributed by atoms with Crippen molar-refractivity contribution in [1.29, 1.82) is 0 Å². The van der Waals surface area contributed by atoms with Crippen LogP contribution in [0.4, 0.5) is 0 Å². The molecule has 0 bridgehead atoms. The SMILES string of the molecule is CC(Cc1nnc(SCCN2CCCCC2)o1)c1ccccc1. The van der Waals surface area contributed by atoms with E-state index >= 15 is 0 Å². The van der Waals surface area contributed by atoms with Crippen molar-refractivity contribution in [2.75, 3.05) is 25.4 Å². The van der Waals surface area contributed by atoms with E-state index in [-0.39, 0.29) is 0 Å². The van der Waals surface area contributed by atoms with Crippen LogP contribution in [0.5, 0.6) is 0 Å². The van der Waals surface area contributed by atoms with E-state index in [4.69, 9.17) is 4.42 Å². The predicted molar refractivity (Wildman–Crippen MR) is 93.9 cm³/mol. The van der Waals surface area contributed by atoms with Gasteiger partial charge in [-0.3, -0.25) is 0 Å². The highest BCUT2D eigenvalue weighted by Gasteiger charge is 2.14. The van der Waals surface area contributed by atoms with Gasteiger partial charge < -0.3 is 9.32 Å². The van der Waals surface area contributed by atoms with Crippen LogP contribution in [0.2, 0.25) is 0 Å². The number of piperidine rings is 1. The summed E-state index contributed by atoms with van der Waals surface area (Å²) in [6.07, 6.45) is 4.86. The first kappa shape index (κ1) is 16.5. The minimum Gasteiger partial charge on any atom is -0.416 e. The Morgan fingerprint density at radius 2 is 1.91 bits per heavy atom. The van der Waals surface area contributed by atoms with E-state index in [9.17, 15) is 0 Å². The highest BCUT2D eigenvalue weighted by molar-refractivity contribution is 7.99. The summed E-state index contributed by atoms with van der Waals surface area (Å²) in [4.78, 5) is 2.53. The zero-order chi connectivity index (χ0) is 15.9. The van der Waals surface area contributed by atoms with Gasteiger partial charge in [0.1, 0.15) is 0 Å². The summed E-state index contributed by atoms with van der Waals surface area (Å²) in [7, 11) is 0. The molecule has 0 amide bonds. The maximum atomic E-state index is 5.79. The van der Waals surface area contributed by atoms with E-state index in [0.717, 1.165) is 24.6 Å². The molecule has 0 saturated carbocycles. The van der Waals surface area contributed by atoms with E-state index < -0.39 is 0 Å². The number of hydrogen-bond donors (Lipinski definition) is 0. The van der Waals surface area contributed by atoms with Crippen molar-refractivity contribution in [1.82, 2.24) is 15.1 Å². The number of benzene rings is 1. The summed E-state index contributed by atoms with van der Waals surface area (Å²) in [5.41, 5.74) is 1.31. The molecule has 1 saturated heterocycles. The van der Waals surface area contributed by atoms with Gasteiger partial charge in [-0.25, -0.2) is 0 Å². The van der Waals surface area contributed by atoms with Crippen LogP contribution in [0.15, 0.2) is 40.0 Å².